The Balaban J connectivity index is 1.54. The number of nitrogens with one attached hydrogen (secondary N) is 2. The number of ketones is 1. The van der Waals surface area contributed by atoms with Crippen LogP contribution in [-0.2, 0) is 11.3 Å². The molecule has 9 nitrogen and oxygen atoms in total. The van der Waals surface area contributed by atoms with Crippen molar-refractivity contribution in [1.82, 2.24) is 19.9 Å². The van der Waals surface area contributed by atoms with Crippen LogP contribution in [-0.4, -0.2) is 52.4 Å². The van der Waals surface area contributed by atoms with Crippen molar-refractivity contribution in [2.75, 3.05) is 30.4 Å². The fourth-order valence-corrected chi connectivity index (χ4v) is 4.80. The van der Waals surface area contributed by atoms with Crippen molar-refractivity contribution in [3.05, 3.63) is 106 Å². The molecule has 0 aliphatic carbocycles. The Morgan fingerprint density at radius 3 is 2.49 bits per heavy atom. The van der Waals surface area contributed by atoms with E-state index < -0.39 is 17.4 Å². The zero-order chi connectivity index (χ0) is 28.9. The van der Waals surface area contributed by atoms with Crippen molar-refractivity contribution in [2.24, 2.45) is 0 Å². The van der Waals surface area contributed by atoms with E-state index in [0.29, 0.717) is 22.4 Å². The summed E-state index contributed by atoms with van der Waals surface area (Å²) in [7, 11) is 1.67. The molecule has 1 aliphatic rings. The SMILES string of the molecule is CN[C@@H](C)C(=O)Nc1ccc(-c2ccnc(N3CCCC3)c2)n(Cc2cncc(C(=O)c3ccc(F)cc3)c2)c1=O. The maximum Gasteiger partial charge on any atom is 0.275 e. The van der Waals surface area contributed by atoms with Crippen LogP contribution in [0.4, 0.5) is 15.9 Å². The first-order valence-corrected chi connectivity index (χ1v) is 13.5. The second-order valence-corrected chi connectivity index (χ2v) is 10.0. The van der Waals surface area contributed by atoms with E-state index in [2.05, 4.69) is 25.5 Å². The van der Waals surface area contributed by atoms with Gasteiger partial charge in [0.25, 0.3) is 5.56 Å². The number of carbonyl (C=O) groups is 2. The summed E-state index contributed by atoms with van der Waals surface area (Å²) >= 11 is 0. The Hall–Kier alpha value is -4.70. The Labute approximate surface area is 237 Å². The second-order valence-electron chi connectivity index (χ2n) is 10.0. The number of hydrogen-bond acceptors (Lipinski definition) is 7. The molecule has 3 aromatic heterocycles. The molecule has 1 saturated heterocycles. The highest BCUT2D eigenvalue weighted by atomic mass is 19.1. The number of likely N-dealkylation sites (N-methyl/N-ethyl adjacent to an activating group) is 1. The molecular weight excluding hydrogens is 523 g/mol. The third-order valence-corrected chi connectivity index (χ3v) is 7.23. The number of carbonyl (C=O) groups excluding carboxylic acids is 2. The van der Waals surface area contributed by atoms with Crippen molar-refractivity contribution in [2.45, 2.75) is 32.4 Å². The molecule has 4 heterocycles. The summed E-state index contributed by atoms with van der Waals surface area (Å²) in [6, 6.07) is 13.7. The minimum absolute atomic E-state index is 0.0956. The summed E-state index contributed by atoms with van der Waals surface area (Å²) in [4.78, 5) is 50.4. The van der Waals surface area contributed by atoms with E-state index in [1.165, 1.54) is 30.5 Å². The maximum atomic E-state index is 13.8. The molecule has 4 aromatic rings. The Morgan fingerprint density at radius 1 is 1.00 bits per heavy atom. The number of rotatable bonds is 9. The van der Waals surface area contributed by atoms with Crippen LogP contribution in [0.15, 0.2) is 78.0 Å². The molecule has 1 atom stereocenters. The van der Waals surface area contributed by atoms with Gasteiger partial charge in [-0.1, -0.05) is 0 Å². The number of hydrogen-bond donors (Lipinski definition) is 2. The molecule has 41 heavy (non-hydrogen) atoms. The van der Waals surface area contributed by atoms with Gasteiger partial charge >= 0.3 is 0 Å². The van der Waals surface area contributed by atoms with Gasteiger partial charge in [-0.15, -0.1) is 0 Å². The average Bonchev–Trinajstić information content (AvgIpc) is 3.54. The largest absolute Gasteiger partial charge is 0.357 e. The van der Waals surface area contributed by atoms with E-state index in [1.54, 1.807) is 49.1 Å². The van der Waals surface area contributed by atoms with Crippen LogP contribution in [0, 0.1) is 5.82 Å². The van der Waals surface area contributed by atoms with E-state index in [9.17, 15) is 18.8 Å². The highest BCUT2D eigenvalue weighted by Crippen LogP contribution is 2.26. The Bertz CT molecular complexity index is 1630. The van der Waals surface area contributed by atoms with Crippen LogP contribution in [0.3, 0.4) is 0 Å². The third kappa shape index (κ3) is 6.22. The number of halogens is 1. The van der Waals surface area contributed by atoms with Crippen LogP contribution in [0.5, 0.6) is 0 Å². The van der Waals surface area contributed by atoms with Gasteiger partial charge in [0.2, 0.25) is 5.91 Å². The first kappa shape index (κ1) is 27.9. The number of anilines is 2. The molecule has 1 fully saturated rings. The van der Waals surface area contributed by atoms with Gasteiger partial charge in [-0.05, 0) is 87.0 Å². The molecular formula is C31H31FN6O3. The van der Waals surface area contributed by atoms with Crippen LogP contribution < -0.4 is 21.1 Å². The van der Waals surface area contributed by atoms with Gasteiger partial charge in [-0.3, -0.25) is 19.4 Å². The summed E-state index contributed by atoms with van der Waals surface area (Å²) in [5.74, 6) is -0.232. The zero-order valence-electron chi connectivity index (χ0n) is 22.9. The molecule has 0 saturated carbocycles. The molecule has 1 aromatic carbocycles. The molecule has 1 amide bonds. The number of pyridine rings is 3. The van der Waals surface area contributed by atoms with Crippen molar-refractivity contribution >= 4 is 23.2 Å². The zero-order valence-corrected chi connectivity index (χ0v) is 22.9. The molecule has 1 aliphatic heterocycles. The minimum Gasteiger partial charge on any atom is -0.357 e. The van der Waals surface area contributed by atoms with Crippen LogP contribution in [0.2, 0.25) is 0 Å². The first-order chi connectivity index (χ1) is 19.8. The molecule has 5 rings (SSSR count). The summed E-state index contributed by atoms with van der Waals surface area (Å²) in [5, 5.41) is 5.59. The van der Waals surface area contributed by atoms with Gasteiger partial charge in [-0.2, -0.15) is 0 Å². The lowest BCUT2D eigenvalue weighted by molar-refractivity contribution is -0.117. The molecule has 0 unspecified atom stereocenters. The van der Waals surface area contributed by atoms with E-state index in [-0.39, 0.29) is 23.9 Å². The van der Waals surface area contributed by atoms with E-state index >= 15 is 0 Å². The van der Waals surface area contributed by atoms with E-state index in [1.807, 2.05) is 12.1 Å². The van der Waals surface area contributed by atoms with Gasteiger partial charge < -0.3 is 20.1 Å². The molecule has 0 bridgehead atoms. The quantitative estimate of drug-likeness (QED) is 0.302. The number of benzene rings is 1. The molecule has 210 valence electrons. The van der Waals surface area contributed by atoms with Crippen molar-refractivity contribution < 1.29 is 14.0 Å². The lowest BCUT2D eigenvalue weighted by atomic mass is 10.0. The van der Waals surface area contributed by atoms with Crippen LogP contribution in [0.1, 0.15) is 41.3 Å². The molecule has 2 N–H and O–H groups in total. The number of aromatic nitrogens is 3. The van der Waals surface area contributed by atoms with Crippen molar-refractivity contribution in [3.63, 3.8) is 0 Å². The highest BCUT2D eigenvalue weighted by Gasteiger charge is 2.19. The first-order valence-electron chi connectivity index (χ1n) is 13.5. The Kier molecular flexibility index (Phi) is 8.30. The lowest BCUT2D eigenvalue weighted by Crippen LogP contribution is -2.37. The molecule has 0 radical (unpaired) electrons. The number of amides is 1. The highest BCUT2D eigenvalue weighted by molar-refractivity contribution is 6.08. The van der Waals surface area contributed by atoms with Crippen LogP contribution in [0.25, 0.3) is 11.3 Å². The Morgan fingerprint density at radius 2 is 1.76 bits per heavy atom. The van der Waals surface area contributed by atoms with Gasteiger partial charge in [-0.25, -0.2) is 9.37 Å². The predicted molar refractivity (Wildman–Crippen MR) is 156 cm³/mol. The smallest absolute Gasteiger partial charge is 0.275 e. The summed E-state index contributed by atoms with van der Waals surface area (Å²) in [6.45, 7) is 3.66. The van der Waals surface area contributed by atoms with Gasteiger partial charge in [0, 0.05) is 48.4 Å². The van der Waals surface area contributed by atoms with E-state index in [0.717, 1.165) is 37.3 Å². The second kappa shape index (κ2) is 12.2. The van der Waals surface area contributed by atoms with Crippen LogP contribution >= 0.6 is 0 Å². The molecule has 10 heteroatoms. The monoisotopic (exact) mass is 554 g/mol. The van der Waals surface area contributed by atoms with Crippen molar-refractivity contribution in [3.8, 4) is 11.3 Å². The summed E-state index contributed by atoms with van der Waals surface area (Å²) in [6.07, 6.45) is 6.98. The fraction of sp³-hybridized carbons (Fsp3) is 0.258. The van der Waals surface area contributed by atoms with E-state index in [4.69, 9.17) is 0 Å². The normalized spacial score (nSPS) is 13.7. The summed E-state index contributed by atoms with van der Waals surface area (Å²) in [5.41, 5.74) is 2.44. The van der Waals surface area contributed by atoms with Gasteiger partial charge in [0.15, 0.2) is 5.78 Å². The predicted octanol–water partition coefficient (Wildman–Crippen LogP) is 3.87. The maximum absolute atomic E-state index is 13.8. The average molecular weight is 555 g/mol. The summed E-state index contributed by atoms with van der Waals surface area (Å²) < 4.78 is 14.9. The minimum atomic E-state index is -0.496. The van der Waals surface area contributed by atoms with Gasteiger partial charge in [0.05, 0.1) is 18.3 Å². The van der Waals surface area contributed by atoms with Gasteiger partial charge in [0.1, 0.15) is 17.3 Å². The lowest BCUT2D eigenvalue weighted by Gasteiger charge is -2.19. The number of nitrogens with zero attached hydrogens (tertiary/aromatic N) is 4. The third-order valence-electron chi connectivity index (χ3n) is 7.23. The molecule has 0 spiro atoms. The van der Waals surface area contributed by atoms with Crippen molar-refractivity contribution in [1.29, 1.82) is 0 Å². The topological polar surface area (TPSA) is 109 Å². The standard InChI is InChI=1S/C31H31FN6O3/c1-20(33-2)30(40)36-26-9-10-27(23-11-12-35-28(16-23)37-13-3-4-14-37)38(31(26)41)19-21-15-24(18-34-17-21)29(39)22-5-7-25(32)8-6-22/h5-12,15-18,20,33H,3-4,13-14,19H2,1-2H3,(H,36,40)/t20-/m0/s1. The fourth-order valence-electron chi connectivity index (χ4n) is 4.80.